The number of nitrogens with zero attached hydrogens (tertiary/aromatic N) is 2. The Morgan fingerprint density at radius 2 is 1.84 bits per heavy atom. The van der Waals surface area contributed by atoms with Crippen LogP contribution in [0.2, 0.25) is 0 Å². The van der Waals surface area contributed by atoms with Gasteiger partial charge in [-0.25, -0.2) is 0 Å². The van der Waals surface area contributed by atoms with Crippen LogP contribution in [0.3, 0.4) is 0 Å². The maximum Gasteiger partial charge on any atom is 0.270 e. The zero-order chi connectivity index (χ0) is 18.1. The topological polar surface area (TPSA) is 110 Å². The average Bonchev–Trinajstić information content (AvgIpc) is 2.81. The molecule has 1 aliphatic carbocycles. The molecule has 8 heteroatoms. The van der Waals surface area contributed by atoms with Gasteiger partial charge in [-0.2, -0.15) is 0 Å². The van der Waals surface area contributed by atoms with Gasteiger partial charge in [-0.1, -0.05) is 6.92 Å². The van der Waals surface area contributed by atoms with E-state index < -0.39 is 16.7 Å². The van der Waals surface area contributed by atoms with Crippen LogP contribution in [0.1, 0.15) is 53.3 Å². The summed E-state index contributed by atoms with van der Waals surface area (Å²) in [6, 6.07) is 3.58. The van der Waals surface area contributed by atoms with Crippen molar-refractivity contribution in [1.29, 1.82) is 0 Å². The van der Waals surface area contributed by atoms with E-state index in [0.29, 0.717) is 5.92 Å². The van der Waals surface area contributed by atoms with Gasteiger partial charge in [0, 0.05) is 18.2 Å². The van der Waals surface area contributed by atoms with Crippen molar-refractivity contribution >= 4 is 23.4 Å². The van der Waals surface area contributed by atoms with Crippen LogP contribution in [0.4, 0.5) is 5.69 Å². The fourth-order valence-electron chi connectivity index (χ4n) is 3.36. The standard InChI is InChI=1S/C17H19N3O5/c1-10-2-4-11(5-3-10)18-15(21)9-19-16(22)13-7-6-12(20(24)25)8-14(13)17(19)23/h6-8,10-11H,2-5,9H2,1H3,(H,18,21). The summed E-state index contributed by atoms with van der Waals surface area (Å²) in [6.45, 7) is 1.81. The molecule has 0 aromatic heterocycles. The molecule has 0 spiro atoms. The van der Waals surface area contributed by atoms with Crippen molar-refractivity contribution in [3.63, 3.8) is 0 Å². The number of non-ortho nitro benzene ring substituents is 1. The monoisotopic (exact) mass is 345 g/mol. The van der Waals surface area contributed by atoms with E-state index in [1.807, 2.05) is 0 Å². The Balaban J connectivity index is 1.67. The molecule has 1 N–H and O–H groups in total. The van der Waals surface area contributed by atoms with Crippen molar-refractivity contribution in [2.75, 3.05) is 6.54 Å². The van der Waals surface area contributed by atoms with Crippen LogP contribution in [-0.4, -0.2) is 40.1 Å². The highest BCUT2D eigenvalue weighted by molar-refractivity contribution is 6.22. The van der Waals surface area contributed by atoms with E-state index in [-0.39, 0.29) is 35.3 Å². The van der Waals surface area contributed by atoms with E-state index in [1.165, 1.54) is 12.1 Å². The molecule has 3 amide bonds. The zero-order valence-corrected chi connectivity index (χ0v) is 13.9. The molecule has 0 radical (unpaired) electrons. The van der Waals surface area contributed by atoms with Gasteiger partial charge in [0.15, 0.2) is 0 Å². The normalized spacial score (nSPS) is 22.7. The van der Waals surface area contributed by atoms with Gasteiger partial charge >= 0.3 is 0 Å². The summed E-state index contributed by atoms with van der Waals surface area (Å²) in [6.07, 6.45) is 3.87. The molecule has 3 rings (SSSR count). The number of fused-ring (bicyclic) bond motifs is 1. The minimum absolute atomic E-state index is 0.0292. The number of nitro groups is 1. The summed E-state index contributed by atoms with van der Waals surface area (Å²) in [5.74, 6) is -0.998. The number of nitrogens with one attached hydrogen (secondary N) is 1. The van der Waals surface area contributed by atoms with Crippen LogP contribution in [0.15, 0.2) is 18.2 Å². The van der Waals surface area contributed by atoms with Gasteiger partial charge in [0.25, 0.3) is 17.5 Å². The predicted molar refractivity (Wildman–Crippen MR) is 88.0 cm³/mol. The largest absolute Gasteiger partial charge is 0.352 e. The van der Waals surface area contributed by atoms with Crippen LogP contribution in [0, 0.1) is 16.0 Å². The molecule has 1 saturated carbocycles. The Hall–Kier alpha value is -2.77. The number of imide groups is 1. The van der Waals surface area contributed by atoms with E-state index in [0.717, 1.165) is 36.6 Å². The summed E-state index contributed by atoms with van der Waals surface area (Å²) in [5, 5.41) is 13.7. The minimum Gasteiger partial charge on any atom is -0.352 e. The molecule has 0 unspecified atom stereocenters. The molecule has 2 aliphatic rings. The number of benzene rings is 1. The molecule has 132 valence electrons. The predicted octanol–water partition coefficient (Wildman–Crippen LogP) is 1.89. The summed E-state index contributed by atoms with van der Waals surface area (Å²) in [7, 11) is 0. The van der Waals surface area contributed by atoms with Crippen LogP contribution >= 0.6 is 0 Å². The van der Waals surface area contributed by atoms with Crippen molar-refractivity contribution in [2.45, 2.75) is 38.6 Å². The summed E-state index contributed by atoms with van der Waals surface area (Å²) in [4.78, 5) is 47.9. The second kappa shape index (κ2) is 6.62. The van der Waals surface area contributed by atoms with E-state index >= 15 is 0 Å². The Kier molecular flexibility index (Phi) is 4.52. The first-order valence-corrected chi connectivity index (χ1v) is 8.31. The van der Waals surface area contributed by atoms with Crippen molar-refractivity contribution in [3.8, 4) is 0 Å². The molecular formula is C17H19N3O5. The van der Waals surface area contributed by atoms with Crippen LogP contribution < -0.4 is 5.32 Å². The minimum atomic E-state index is -0.670. The SMILES string of the molecule is CC1CCC(NC(=O)CN2C(=O)c3ccc([N+](=O)[O-])cc3C2=O)CC1. The number of amides is 3. The number of carbonyl (C=O) groups is 3. The molecule has 1 heterocycles. The third-order valence-corrected chi connectivity index (χ3v) is 4.85. The second-order valence-corrected chi connectivity index (χ2v) is 6.71. The quantitative estimate of drug-likeness (QED) is 0.509. The van der Waals surface area contributed by atoms with E-state index in [9.17, 15) is 24.5 Å². The third-order valence-electron chi connectivity index (χ3n) is 4.85. The molecule has 25 heavy (non-hydrogen) atoms. The van der Waals surface area contributed by atoms with Crippen LogP contribution in [0.5, 0.6) is 0 Å². The Bertz CT molecular complexity index is 753. The number of hydrogen-bond donors (Lipinski definition) is 1. The van der Waals surface area contributed by atoms with Crippen molar-refractivity contribution in [3.05, 3.63) is 39.4 Å². The van der Waals surface area contributed by atoms with E-state index in [1.54, 1.807) is 0 Å². The Morgan fingerprint density at radius 3 is 2.48 bits per heavy atom. The molecular weight excluding hydrogens is 326 g/mol. The molecule has 8 nitrogen and oxygen atoms in total. The van der Waals surface area contributed by atoms with Crippen molar-refractivity contribution in [1.82, 2.24) is 10.2 Å². The molecule has 1 aromatic rings. The zero-order valence-electron chi connectivity index (χ0n) is 13.9. The first-order valence-electron chi connectivity index (χ1n) is 8.31. The average molecular weight is 345 g/mol. The maximum absolute atomic E-state index is 12.4. The van der Waals surface area contributed by atoms with Gasteiger partial charge in [0.05, 0.1) is 16.1 Å². The van der Waals surface area contributed by atoms with Gasteiger partial charge < -0.3 is 5.32 Å². The summed E-state index contributed by atoms with van der Waals surface area (Å²) < 4.78 is 0. The molecule has 0 saturated heterocycles. The highest BCUT2D eigenvalue weighted by Gasteiger charge is 2.38. The van der Waals surface area contributed by atoms with Crippen molar-refractivity contribution in [2.24, 2.45) is 5.92 Å². The van der Waals surface area contributed by atoms with Crippen molar-refractivity contribution < 1.29 is 19.3 Å². The van der Waals surface area contributed by atoms with Gasteiger partial charge in [-0.15, -0.1) is 0 Å². The fourth-order valence-corrected chi connectivity index (χ4v) is 3.36. The lowest BCUT2D eigenvalue weighted by Gasteiger charge is -2.27. The number of carbonyl (C=O) groups excluding carboxylic acids is 3. The summed E-state index contributed by atoms with van der Waals surface area (Å²) in [5.41, 5.74) is -0.198. The Morgan fingerprint density at radius 1 is 1.20 bits per heavy atom. The number of nitro benzene ring substituents is 1. The lowest BCUT2D eigenvalue weighted by atomic mass is 9.87. The van der Waals surface area contributed by atoms with E-state index in [4.69, 9.17) is 0 Å². The Labute approximate surface area is 144 Å². The smallest absolute Gasteiger partial charge is 0.270 e. The third kappa shape index (κ3) is 3.38. The molecule has 1 fully saturated rings. The van der Waals surface area contributed by atoms with Gasteiger partial charge in [0.1, 0.15) is 6.54 Å². The van der Waals surface area contributed by atoms with Crippen LogP contribution in [0.25, 0.3) is 0 Å². The van der Waals surface area contributed by atoms with Gasteiger partial charge in [0.2, 0.25) is 5.91 Å². The maximum atomic E-state index is 12.4. The lowest BCUT2D eigenvalue weighted by molar-refractivity contribution is -0.384. The molecule has 1 aromatic carbocycles. The molecule has 0 atom stereocenters. The number of hydrogen-bond acceptors (Lipinski definition) is 5. The fraction of sp³-hybridized carbons (Fsp3) is 0.471. The van der Waals surface area contributed by atoms with E-state index in [2.05, 4.69) is 12.2 Å². The van der Waals surface area contributed by atoms with Crippen LogP contribution in [-0.2, 0) is 4.79 Å². The second-order valence-electron chi connectivity index (χ2n) is 6.71. The number of rotatable bonds is 4. The van der Waals surface area contributed by atoms with Gasteiger partial charge in [-0.3, -0.25) is 29.4 Å². The lowest BCUT2D eigenvalue weighted by Crippen LogP contribution is -2.45. The highest BCUT2D eigenvalue weighted by Crippen LogP contribution is 2.27. The molecule has 0 bridgehead atoms. The van der Waals surface area contributed by atoms with Gasteiger partial charge in [-0.05, 0) is 37.7 Å². The molecule has 1 aliphatic heterocycles. The summed E-state index contributed by atoms with van der Waals surface area (Å²) >= 11 is 0. The first-order chi connectivity index (χ1) is 11.9. The first kappa shape index (κ1) is 17.1. The highest BCUT2D eigenvalue weighted by atomic mass is 16.6.